The molecule has 2 aromatic carbocycles. The molecule has 9 heteroatoms. The molecule has 3 rings (SSSR count). The second kappa shape index (κ2) is 9.93. The van der Waals surface area contributed by atoms with E-state index in [9.17, 15) is 18.0 Å². The van der Waals surface area contributed by atoms with E-state index in [2.05, 4.69) is 0 Å². The molecule has 1 heterocycles. The van der Waals surface area contributed by atoms with Gasteiger partial charge < -0.3 is 14.4 Å². The number of carbonyl (C=O) groups excluding carboxylic acids is 2. The molecule has 0 saturated carbocycles. The van der Waals surface area contributed by atoms with Crippen LogP contribution in [0.1, 0.15) is 28.8 Å². The number of esters is 1. The maximum atomic E-state index is 13.2. The van der Waals surface area contributed by atoms with Crippen molar-refractivity contribution < 1.29 is 27.5 Å². The van der Waals surface area contributed by atoms with Crippen LogP contribution in [0.15, 0.2) is 53.4 Å². The lowest BCUT2D eigenvalue weighted by Crippen LogP contribution is -2.32. The Balaban J connectivity index is 1.77. The first-order chi connectivity index (χ1) is 14.8. The predicted octanol–water partition coefficient (Wildman–Crippen LogP) is 2.30. The van der Waals surface area contributed by atoms with Gasteiger partial charge in [-0.25, -0.2) is 13.2 Å². The van der Waals surface area contributed by atoms with E-state index in [4.69, 9.17) is 9.47 Å². The largest absolute Gasteiger partial charge is 0.495 e. The van der Waals surface area contributed by atoms with Gasteiger partial charge in [-0.1, -0.05) is 30.3 Å². The topological polar surface area (TPSA) is 93.2 Å². The van der Waals surface area contributed by atoms with Gasteiger partial charge in [-0.3, -0.25) is 4.79 Å². The van der Waals surface area contributed by atoms with Gasteiger partial charge in [0.1, 0.15) is 10.6 Å². The van der Waals surface area contributed by atoms with Gasteiger partial charge in [0, 0.05) is 26.7 Å². The summed E-state index contributed by atoms with van der Waals surface area (Å²) < 4.78 is 37.8. The molecule has 0 unspecified atom stereocenters. The molecule has 1 fully saturated rings. The third-order valence-electron chi connectivity index (χ3n) is 5.12. The number of likely N-dealkylation sites (tertiary alicyclic amines) is 1. The Bertz CT molecular complexity index is 1030. The minimum atomic E-state index is -3.95. The fraction of sp³-hybridized carbons (Fsp3) is 0.364. The molecular formula is C22H26N2O6S. The van der Waals surface area contributed by atoms with Crippen molar-refractivity contribution >= 4 is 21.9 Å². The van der Waals surface area contributed by atoms with E-state index in [1.54, 1.807) is 4.90 Å². The van der Waals surface area contributed by atoms with Crippen molar-refractivity contribution in [2.24, 2.45) is 0 Å². The third-order valence-corrected chi connectivity index (χ3v) is 6.95. The summed E-state index contributed by atoms with van der Waals surface area (Å²) in [5, 5.41) is 0. The molecule has 0 aliphatic carbocycles. The van der Waals surface area contributed by atoms with Crippen molar-refractivity contribution in [3.05, 3.63) is 59.7 Å². The summed E-state index contributed by atoms with van der Waals surface area (Å²) in [5.74, 6) is -0.906. The Morgan fingerprint density at radius 3 is 2.39 bits per heavy atom. The fourth-order valence-electron chi connectivity index (χ4n) is 3.37. The normalized spacial score (nSPS) is 14.0. The average Bonchev–Trinajstić information content (AvgIpc) is 3.32. The molecule has 0 N–H and O–H groups in total. The van der Waals surface area contributed by atoms with Crippen LogP contribution in [0.25, 0.3) is 0 Å². The second-order valence-electron chi connectivity index (χ2n) is 7.28. The van der Waals surface area contributed by atoms with Gasteiger partial charge in [-0.2, -0.15) is 4.31 Å². The minimum absolute atomic E-state index is 0.0294. The van der Waals surface area contributed by atoms with E-state index in [0.717, 1.165) is 18.4 Å². The number of amides is 1. The molecule has 0 atom stereocenters. The summed E-state index contributed by atoms with van der Waals surface area (Å²) in [5.41, 5.74) is 0.852. The summed E-state index contributed by atoms with van der Waals surface area (Å²) in [6.45, 7) is 1.11. The molecule has 1 aliphatic rings. The van der Waals surface area contributed by atoms with Crippen molar-refractivity contribution in [1.29, 1.82) is 0 Å². The van der Waals surface area contributed by atoms with Crippen LogP contribution in [-0.4, -0.2) is 63.4 Å². The van der Waals surface area contributed by atoms with Gasteiger partial charge in [-0.05, 0) is 36.6 Å². The molecule has 1 aliphatic heterocycles. The highest BCUT2D eigenvalue weighted by Crippen LogP contribution is 2.28. The quantitative estimate of drug-likeness (QED) is 0.578. The fourth-order valence-corrected chi connectivity index (χ4v) is 4.70. The Morgan fingerprint density at radius 1 is 1.06 bits per heavy atom. The molecule has 0 radical (unpaired) electrons. The number of carbonyl (C=O) groups is 2. The zero-order valence-corrected chi connectivity index (χ0v) is 18.4. The van der Waals surface area contributed by atoms with Gasteiger partial charge >= 0.3 is 5.97 Å². The van der Waals surface area contributed by atoms with E-state index >= 15 is 0 Å². The molecule has 0 spiro atoms. The van der Waals surface area contributed by atoms with Gasteiger partial charge in [0.05, 0.1) is 12.7 Å². The van der Waals surface area contributed by atoms with Crippen molar-refractivity contribution in [3.63, 3.8) is 0 Å². The Morgan fingerprint density at radius 2 is 1.74 bits per heavy atom. The lowest BCUT2D eigenvalue weighted by molar-refractivity contribution is -0.133. The van der Waals surface area contributed by atoms with E-state index in [0.29, 0.717) is 13.1 Å². The molecule has 166 valence electrons. The molecular weight excluding hydrogens is 420 g/mol. The van der Waals surface area contributed by atoms with Crippen LogP contribution in [-0.2, 0) is 26.1 Å². The number of hydrogen-bond donors (Lipinski definition) is 0. The number of methoxy groups -OCH3 is 1. The van der Waals surface area contributed by atoms with Crippen molar-refractivity contribution in [3.8, 4) is 5.75 Å². The first kappa shape index (κ1) is 22.8. The van der Waals surface area contributed by atoms with E-state index < -0.39 is 16.0 Å². The van der Waals surface area contributed by atoms with Crippen LogP contribution in [0.2, 0.25) is 0 Å². The number of benzene rings is 2. The summed E-state index contributed by atoms with van der Waals surface area (Å²) in [6, 6.07) is 13.2. The lowest BCUT2D eigenvalue weighted by Gasteiger charge is -2.19. The minimum Gasteiger partial charge on any atom is -0.495 e. The monoisotopic (exact) mass is 446 g/mol. The molecule has 31 heavy (non-hydrogen) atoms. The van der Waals surface area contributed by atoms with Crippen LogP contribution in [0.4, 0.5) is 0 Å². The third kappa shape index (κ3) is 5.42. The van der Waals surface area contributed by atoms with E-state index in [-0.39, 0.29) is 35.3 Å². The van der Waals surface area contributed by atoms with Crippen LogP contribution >= 0.6 is 0 Å². The molecule has 0 bridgehead atoms. The van der Waals surface area contributed by atoms with Crippen molar-refractivity contribution in [2.75, 3.05) is 33.9 Å². The van der Waals surface area contributed by atoms with Gasteiger partial charge in [-0.15, -0.1) is 0 Å². The van der Waals surface area contributed by atoms with Gasteiger partial charge in [0.15, 0.2) is 6.61 Å². The maximum Gasteiger partial charge on any atom is 0.338 e. The molecule has 2 aromatic rings. The summed E-state index contributed by atoms with van der Waals surface area (Å²) in [6.07, 6.45) is 1.88. The zero-order chi connectivity index (χ0) is 22.4. The number of sulfonamides is 1. The van der Waals surface area contributed by atoms with Crippen LogP contribution in [0, 0.1) is 0 Å². The van der Waals surface area contributed by atoms with Gasteiger partial charge in [0.25, 0.3) is 5.91 Å². The molecule has 0 aromatic heterocycles. The average molecular weight is 447 g/mol. The van der Waals surface area contributed by atoms with E-state index in [1.807, 2.05) is 30.3 Å². The summed E-state index contributed by atoms with van der Waals surface area (Å²) in [7, 11) is -1.14. The van der Waals surface area contributed by atoms with Crippen molar-refractivity contribution in [1.82, 2.24) is 9.21 Å². The van der Waals surface area contributed by atoms with E-state index in [1.165, 1.54) is 36.7 Å². The van der Waals surface area contributed by atoms with Crippen LogP contribution < -0.4 is 4.74 Å². The predicted molar refractivity (Wildman–Crippen MR) is 114 cm³/mol. The van der Waals surface area contributed by atoms with Crippen LogP contribution in [0.5, 0.6) is 5.75 Å². The van der Waals surface area contributed by atoms with Crippen LogP contribution in [0.3, 0.4) is 0 Å². The Kier molecular flexibility index (Phi) is 7.29. The lowest BCUT2D eigenvalue weighted by atomic mass is 10.2. The number of hydrogen-bond acceptors (Lipinski definition) is 6. The van der Waals surface area contributed by atoms with Crippen molar-refractivity contribution in [2.45, 2.75) is 24.3 Å². The highest BCUT2D eigenvalue weighted by atomic mass is 32.2. The summed E-state index contributed by atoms with van der Waals surface area (Å²) in [4.78, 5) is 26.1. The highest BCUT2D eigenvalue weighted by Gasteiger charge is 2.27. The Labute approximate surface area is 182 Å². The standard InChI is InChI=1S/C22H26N2O6S/c1-23(15-17-8-4-3-5-9-17)31(27,28)20-14-18(10-11-19(20)29-2)22(26)30-16-21(25)24-12-6-7-13-24/h3-5,8-11,14H,6-7,12-13,15-16H2,1-2H3. The zero-order valence-electron chi connectivity index (χ0n) is 17.6. The molecule has 8 nitrogen and oxygen atoms in total. The molecule has 1 saturated heterocycles. The SMILES string of the molecule is COc1ccc(C(=O)OCC(=O)N2CCCC2)cc1S(=O)(=O)N(C)Cc1ccccc1. The number of nitrogens with zero attached hydrogens (tertiary/aromatic N) is 2. The highest BCUT2D eigenvalue weighted by molar-refractivity contribution is 7.89. The summed E-state index contributed by atoms with van der Waals surface area (Å²) >= 11 is 0. The maximum absolute atomic E-state index is 13.2. The first-order valence-electron chi connectivity index (χ1n) is 9.96. The Hall–Kier alpha value is -2.91. The number of rotatable bonds is 8. The van der Waals surface area contributed by atoms with Gasteiger partial charge in [0.2, 0.25) is 10.0 Å². The first-order valence-corrected chi connectivity index (χ1v) is 11.4. The smallest absolute Gasteiger partial charge is 0.338 e. The molecule has 1 amide bonds. The number of ether oxygens (including phenoxy) is 2. The second-order valence-corrected chi connectivity index (χ2v) is 9.29.